The summed E-state index contributed by atoms with van der Waals surface area (Å²) in [6, 6.07) is -5.16. The first-order valence-electron chi connectivity index (χ1n) is 11.4. The van der Waals surface area contributed by atoms with Gasteiger partial charge in [-0.05, 0) is 38.1 Å². The monoisotopic (exact) mass is 502 g/mol. The van der Waals surface area contributed by atoms with Crippen molar-refractivity contribution in [2.45, 2.75) is 83.0 Å². The van der Waals surface area contributed by atoms with Gasteiger partial charge in [-0.2, -0.15) is 0 Å². The molecule has 0 spiro atoms. The third-order valence-corrected chi connectivity index (χ3v) is 4.95. The summed E-state index contributed by atoms with van der Waals surface area (Å²) >= 11 is 0. The van der Waals surface area contributed by atoms with E-state index in [0.29, 0.717) is 25.8 Å². The molecule has 14 nitrogen and oxygen atoms in total. The van der Waals surface area contributed by atoms with Gasteiger partial charge in [-0.3, -0.25) is 24.0 Å². The Morgan fingerprint density at radius 1 is 0.800 bits per heavy atom. The van der Waals surface area contributed by atoms with E-state index in [1.54, 1.807) is 13.8 Å². The SMILES string of the molecule is CC(C)CC(NC(=O)C(N)CCCCN)C(=O)NC(CC(=O)O)C(=O)NC(CCC(N)=O)C(=O)O. The van der Waals surface area contributed by atoms with Crippen LogP contribution in [0.25, 0.3) is 0 Å². The Bertz CT molecular complexity index is 760. The van der Waals surface area contributed by atoms with Crippen LogP contribution in [0.4, 0.5) is 0 Å². The molecule has 0 aliphatic rings. The molecule has 11 N–H and O–H groups in total. The maximum Gasteiger partial charge on any atom is 0.326 e. The molecule has 0 aromatic rings. The van der Waals surface area contributed by atoms with Crippen LogP contribution in [0.1, 0.15) is 58.8 Å². The molecule has 0 radical (unpaired) electrons. The number of carbonyl (C=O) groups excluding carboxylic acids is 4. The summed E-state index contributed by atoms with van der Waals surface area (Å²) in [5.41, 5.74) is 16.3. The van der Waals surface area contributed by atoms with Gasteiger partial charge in [0.25, 0.3) is 0 Å². The van der Waals surface area contributed by atoms with Gasteiger partial charge in [-0.15, -0.1) is 0 Å². The van der Waals surface area contributed by atoms with Crippen LogP contribution in [0.3, 0.4) is 0 Å². The molecule has 0 saturated heterocycles. The fourth-order valence-corrected chi connectivity index (χ4v) is 3.09. The van der Waals surface area contributed by atoms with E-state index in [4.69, 9.17) is 22.3 Å². The maximum absolute atomic E-state index is 12.9. The van der Waals surface area contributed by atoms with Crippen LogP contribution in [0, 0.1) is 5.92 Å². The highest BCUT2D eigenvalue weighted by Crippen LogP contribution is 2.08. The van der Waals surface area contributed by atoms with Gasteiger partial charge < -0.3 is 43.4 Å². The lowest BCUT2D eigenvalue weighted by Crippen LogP contribution is -2.57. The Morgan fingerprint density at radius 2 is 1.34 bits per heavy atom. The molecule has 0 aromatic heterocycles. The summed E-state index contributed by atoms with van der Waals surface area (Å²) in [5.74, 6) is -6.22. The fourth-order valence-electron chi connectivity index (χ4n) is 3.09. The van der Waals surface area contributed by atoms with Crippen LogP contribution in [0.5, 0.6) is 0 Å². The average molecular weight is 503 g/mol. The van der Waals surface area contributed by atoms with E-state index in [2.05, 4.69) is 16.0 Å². The van der Waals surface area contributed by atoms with Crippen molar-refractivity contribution in [1.29, 1.82) is 0 Å². The second-order valence-corrected chi connectivity index (χ2v) is 8.65. The zero-order valence-corrected chi connectivity index (χ0v) is 20.1. The van der Waals surface area contributed by atoms with Gasteiger partial charge in [0, 0.05) is 6.42 Å². The van der Waals surface area contributed by atoms with Crippen molar-refractivity contribution in [2.24, 2.45) is 23.1 Å². The van der Waals surface area contributed by atoms with E-state index in [-0.39, 0.29) is 25.2 Å². The van der Waals surface area contributed by atoms with E-state index in [9.17, 15) is 33.9 Å². The van der Waals surface area contributed by atoms with Gasteiger partial charge in [0.05, 0.1) is 12.5 Å². The average Bonchev–Trinajstić information content (AvgIpc) is 2.74. The van der Waals surface area contributed by atoms with Crippen LogP contribution in [-0.4, -0.2) is 76.5 Å². The summed E-state index contributed by atoms with van der Waals surface area (Å²) < 4.78 is 0. The summed E-state index contributed by atoms with van der Waals surface area (Å²) in [6.07, 6.45) is 0.323. The minimum Gasteiger partial charge on any atom is -0.481 e. The number of nitrogens with two attached hydrogens (primary N) is 3. The first-order chi connectivity index (χ1) is 16.3. The summed E-state index contributed by atoms with van der Waals surface area (Å²) in [7, 11) is 0. The second kappa shape index (κ2) is 16.4. The van der Waals surface area contributed by atoms with Gasteiger partial charge in [-0.1, -0.05) is 20.3 Å². The molecule has 4 unspecified atom stereocenters. The third-order valence-electron chi connectivity index (χ3n) is 4.95. The molecule has 0 aromatic carbocycles. The Morgan fingerprint density at radius 3 is 1.83 bits per heavy atom. The second-order valence-electron chi connectivity index (χ2n) is 8.65. The van der Waals surface area contributed by atoms with E-state index in [1.807, 2.05) is 0 Å². The Balaban J connectivity index is 5.46. The Hall–Kier alpha value is -3.26. The van der Waals surface area contributed by atoms with Crippen molar-refractivity contribution in [3.8, 4) is 0 Å². The molecule has 200 valence electrons. The molecule has 14 heteroatoms. The highest BCUT2D eigenvalue weighted by Gasteiger charge is 2.32. The molecule has 0 heterocycles. The maximum atomic E-state index is 12.9. The van der Waals surface area contributed by atoms with Gasteiger partial charge in [0.1, 0.15) is 18.1 Å². The Labute approximate surface area is 203 Å². The van der Waals surface area contributed by atoms with Crippen molar-refractivity contribution >= 4 is 35.6 Å². The molecular weight excluding hydrogens is 464 g/mol. The lowest BCUT2D eigenvalue weighted by Gasteiger charge is -2.25. The highest BCUT2D eigenvalue weighted by molar-refractivity contribution is 5.95. The molecule has 0 fully saturated rings. The largest absolute Gasteiger partial charge is 0.481 e. The van der Waals surface area contributed by atoms with E-state index < -0.39 is 66.2 Å². The summed E-state index contributed by atoms with van der Waals surface area (Å²) in [6.45, 7) is 4.04. The number of nitrogens with one attached hydrogen (secondary N) is 3. The first-order valence-corrected chi connectivity index (χ1v) is 11.4. The zero-order valence-electron chi connectivity index (χ0n) is 20.1. The predicted octanol–water partition coefficient (Wildman–Crippen LogP) is -2.23. The summed E-state index contributed by atoms with van der Waals surface area (Å²) in [5, 5.41) is 25.3. The molecule has 0 saturated carbocycles. The number of amides is 4. The lowest BCUT2D eigenvalue weighted by molar-refractivity contribution is -0.144. The highest BCUT2D eigenvalue weighted by atomic mass is 16.4. The number of aliphatic carboxylic acids is 2. The standard InChI is InChI=1S/C21H38N6O8/c1-11(2)9-14(26-18(31)12(23)5-3-4-8-22)19(32)27-15(10-17(29)30)20(33)25-13(21(34)35)6-7-16(24)28/h11-15H,3-10,22-23H2,1-2H3,(H2,24,28)(H,25,33)(H,26,31)(H,27,32)(H,29,30)(H,34,35). The van der Waals surface area contributed by atoms with Crippen LogP contribution < -0.4 is 33.2 Å². The van der Waals surface area contributed by atoms with Gasteiger partial charge in [0.2, 0.25) is 23.6 Å². The van der Waals surface area contributed by atoms with Crippen LogP contribution >= 0.6 is 0 Å². The number of hydrogen-bond donors (Lipinski definition) is 8. The molecule has 0 aliphatic heterocycles. The van der Waals surface area contributed by atoms with Crippen molar-refractivity contribution in [3.05, 3.63) is 0 Å². The first kappa shape index (κ1) is 31.7. The molecule has 35 heavy (non-hydrogen) atoms. The van der Waals surface area contributed by atoms with Gasteiger partial charge in [-0.25, -0.2) is 4.79 Å². The number of primary amides is 1. The quantitative estimate of drug-likeness (QED) is 0.0935. The van der Waals surface area contributed by atoms with E-state index in [0.717, 1.165) is 0 Å². The minimum absolute atomic E-state index is 0.0588. The van der Waals surface area contributed by atoms with Crippen molar-refractivity contribution in [1.82, 2.24) is 16.0 Å². The van der Waals surface area contributed by atoms with Gasteiger partial charge in [0.15, 0.2) is 0 Å². The van der Waals surface area contributed by atoms with E-state index >= 15 is 0 Å². The number of carboxylic acids is 2. The van der Waals surface area contributed by atoms with Crippen LogP contribution in [-0.2, 0) is 28.8 Å². The molecule has 0 rings (SSSR count). The molecule has 0 bridgehead atoms. The van der Waals surface area contributed by atoms with Gasteiger partial charge >= 0.3 is 11.9 Å². The van der Waals surface area contributed by atoms with Crippen molar-refractivity contribution in [2.75, 3.05) is 6.54 Å². The number of carbonyl (C=O) groups is 6. The molecular formula is C21H38N6O8. The van der Waals surface area contributed by atoms with Crippen LogP contribution in [0.2, 0.25) is 0 Å². The lowest BCUT2D eigenvalue weighted by atomic mass is 10.0. The normalized spacial score (nSPS) is 14.3. The molecule has 4 atom stereocenters. The molecule has 4 amide bonds. The van der Waals surface area contributed by atoms with Crippen molar-refractivity contribution in [3.63, 3.8) is 0 Å². The van der Waals surface area contributed by atoms with E-state index in [1.165, 1.54) is 0 Å². The fraction of sp³-hybridized carbons (Fsp3) is 0.714. The summed E-state index contributed by atoms with van der Waals surface area (Å²) in [4.78, 5) is 71.6. The topological polar surface area (TPSA) is 257 Å². The van der Waals surface area contributed by atoms with Crippen molar-refractivity contribution < 1.29 is 39.0 Å². The number of carboxylic acid groups (broad SMARTS) is 2. The van der Waals surface area contributed by atoms with Crippen LogP contribution in [0.15, 0.2) is 0 Å². The number of hydrogen-bond acceptors (Lipinski definition) is 8. The number of rotatable bonds is 18. The third kappa shape index (κ3) is 13.9. The number of unbranched alkanes of at least 4 members (excludes halogenated alkanes) is 1. The zero-order chi connectivity index (χ0) is 27.1. The smallest absolute Gasteiger partial charge is 0.326 e. The predicted molar refractivity (Wildman–Crippen MR) is 124 cm³/mol. The Kier molecular flexibility index (Phi) is 14.9. The minimum atomic E-state index is -1.64. The molecule has 0 aliphatic carbocycles.